The molecular formula is C16H20N2O3. The van der Waals surface area contributed by atoms with Crippen molar-refractivity contribution in [2.75, 3.05) is 11.9 Å². The monoisotopic (exact) mass is 288 g/mol. The highest BCUT2D eigenvalue weighted by Gasteiger charge is 2.34. The Kier molecular flexibility index (Phi) is 4.75. The summed E-state index contributed by atoms with van der Waals surface area (Å²) >= 11 is 0. The average Bonchev–Trinajstić information content (AvgIpc) is 2.47. The number of rotatable bonds is 4. The number of carbonyl (C=O) groups excluding carboxylic acids is 1. The summed E-state index contributed by atoms with van der Waals surface area (Å²) in [6.45, 7) is 2.79. The Hall–Kier alpha value is -2.14. The van der Waals surface area contributed by atoms with E-state index in [4.69, 9.17) is 5.11 Å². The van der Waals surface area contributed by atoms with Gasteiger partial charge in [-0.05, 0) is 56.5 Å². The molecule has 0 aliphatic carbocycles. The molecule has 0 radical (unpaired) electrons. The van der Waals surface area contributed by atoms with E-state index >= 15 is 0 Å². The van der Waals surface area contributed by atoms with E-state index in [2.05, 4.69) is 10.6 Å². The lowest BCUT2D eigenvalue weighted by molar-refractivity contribution is -0.131. The molecule has 0 saturated carbocycles. The lowest BCUT2D eigenvalue weighted by atomic mass is 9.90. The Balaban J connectivity index is 1.99. The first-order valence-corrected chi connectivity index (χ1v) is 7.07. The van der Waals surface area contributed by atoms with Gasteiger partial charge in [-0.15, -0.1) is 0 Å². The number of nitrogens with one attached hydrogen (secondary N) is 2. The predicted octanol–water partition coefficient (Wildman–Crippen LogP) is 2.26. The van der Waals surface area contributed by atoms with Crippen molar-refractivity contribution in [3.63, 3.8) is 0 Å². The summed E-state index contributed by atoms with van der Waals surface area (Å²) in [7, 11) is 0. The van der Waals surface area contributed by atoms with Gasteiger partial charge in [0.05, 0.1) is 5.54 Å². The fraction of sp³-hybridized carbons (Fsp3) is 0.375. The van der Waals surface area contributed by atoms with Gasteiger partial charge in [0.25, 0.3) is 0 Å². The molecule has 0 bridgehead atoms. The van der Waals surface area contributed by atoms with E-state index in [0.29, 0.717) is 5.69 Å². The molecule has 112 valence electrons. The second-order valence-electron chi connectivity index (χ2n) is 5.46. The number of carboxylic acid groups (broad SMARTS) is 1. The van der Waals surface area contributed by atoms with Gasteiger partial charge in [-0.1, -0.05) is 12.1 Å². The zero-order valence-electron chi connectivity index (χ0n) is 12.1. The Labute approximate surface area is 124 Å². The molecule has 1 aromatic rings. The predicted molar refractivity (Wildman–Crippen MR) is 82.0 cm³/mol. The molecule has 1 aliphatic rings. The lowest BCUT2D eigenvalue weighted by Gasteiger charge is -2.33. The highest BCUT2D eigenvalue weighted by Crippen LogP contribution is 2.21. The highest BCUT2D eigenvalue weighted by molar-refractivity contribution is 5.98. The molecule has 3 N–H and O–H groups in total. The summed E-state index contributed by atoms with van der Waals surface area (Å²) in [6, 6.07) is 7.08. The lowest BCUT2D eigenvalue weighted by Crippen LogP contribution is -2.54. The molecule has 5 heteroatoms. The van der Waals surface area contributed by atoms with Crippen molar-refractivity contribution >= 4 is 23.6 Å². The van der Waals surface area contributed by atoms with E-state index in [9.17, 15) is 9.59 Å². The van der Waals surface area contributed by atoms with Crippen molar-refractivity contribution in [2.45, 2.75) is 31.7 Å². The SMILES string of the molecule is CC1(C(=O)Nc2ccc(/C=C/C(=O)O)cc2)CCCCN1. The second-order valence-corrected chi connectivity index (χ2v) is 5.46. The molecule has 0 aromatic heterocycles. The van der Waals surface area contributed by atoms with Gasteiger partial charge in [-0.2, -0.15) is 0 Å². The van der Waals surface area contributed by atoms with Crippen LogP contribution in [0.2, 0.25) is 0 Å². The molecule has 5 nitrogen and oxygen atoms in total. The Morgan fingerprint density at radius 2 is 2.00 bits per heavy atom. The van der Waals surface area contributed by atoms with Crippen LogP contribution in [0.5, 0.6) is 0 Å². The van der Waals surface area contributed by atoms with Gasteiger partial charge in [0.2, 0.25) is 5.91 Å². The van der Waals surface area contributed by atoms with Crippen LogP contribution in [0.4, 0.5) is 5.69 Å². The molecule has 1 aromatic carbocycles. The number of carbonyl (C=O) groups is 2. The van der Waals surface area contributed by atoms with Crippen molar-refractivity contribution < 1.29 is 14.7 Å². The van der Waals surface area contributed by atoms with Gasteiger partial charge >= 0.3 is 5.97 Å². The van der Waals surface area contributed by atoms with E-state index in [1.165, 1.54) is 6.08 Å². The van der Waals surface area contributed by atoms with Crippen molar-refractivity contribution in [3.05, 3.63) is 35.9 Å². The van der Waals surface area contributed by atoms with Crippen LogP contribution in [0, 0.1) is 0 Å². The van der Waals surface area contributed by atoms with Crippen molar-refractivity contribution in [1.29, 1.82) is 0 Å². The number of anilines is 1. The van der Waals surface area contributed by atoms with Crippen molar-refractivity contribution in [3.8, 4) is 0 Å². The zero-order chi connectivity index (χ0) is 15.3. The van der Waals surface area contributed by atoms with Gasteiger partial charge in [0.15, 0.2) is 0 Å². The van der Waals surface area contributed by atoms with Crippen molar-refractivity contribution in [1.82, 2.24) is 5.32 Å². The molecule has 1 atom stereocenters. The van der Waals surface area contributed by atoms with Gasteiger partial charge in [0.1, 0.15) is 0 Å². The van der Waals surface area contributed by atoms with Gasteiger partial charge in [-0.3, -0.25) is 4.79 Å². The van der Waals surface area contributed by atoms with E-state index in [1.54, 1.807) is 24.3 Å². The Bertz CT molecular complexity index is 543. The molecule has 1 amide bonds. The van der Waals surface area contributed by atoms with E-state index in [-0.39, 0.29) is 5.91 Å². The maximum Gasteiger partial charge on any atom is 0.328 e. The molecule has 0 spiro atoms. The molecule has 1 aliphatic heterocycles. The van der Waals surface area contributed by atoms with Gasteiger partial charge in [-0.25, -0.2) is 4.79 Å². The second kappa shape index (κ2) is 6.54. The largest absolute Gasteiger partial charge is 0.478 e. The topological polar surface area (TPSA) is 78.4 Å². The minimum atomic E-state index is -0.983. The fourth-order valence-corrected chi connectivity index (χ4v) is 2.36. The highest BCUT2D eigenvalue weighted by atomic mass is 16.4. The summed E-state index contributed by atoms with van der Waals surface area (Å²) in [5.41, 5.74) is 0.971. The number of piperidine rings is 1. The van der Waals surface area contributed by atoms with E-state index in [1.807, 2.05) is 6.92 Å². The smallest absolute Gasteiger partial charge is 0.328 e. The molecular weight excluding hydrogens is 268 g/mol. The third-order valence-corrected chi connectivity index (χ3v) is 3.71. The molecule has 2 rings (SSSR count). The average molecular weight is 288 g/mol. The van der Waals surface area contributed by atoms with Crippen LogP contribution in [0.1, 0.15) is 31.7 Å². The number of carboxylic acids is 1. The fourth-order valence-electron chi connectivity index (χ4n) is 2.36. The van der Waals surface area contributed by atoms with E-state index < -0.39 is 11.5 Å². The third kappa shape index (κ3) is 4.16. The van der Waals surface area contributed by atoms with Crippen LogP contribution >= 0.6 is 0 Å². The summed E-state index contributed by atoms with van der Waals surface area (Å²) in [5, 5.41) is 14.7. The standard InChI is InChI=1S/C16H20N2O3/c1-16(10-2-3-11-17-16)15(21)18-13-7-4-12(5-8-13)6-9-14(19)20/h4-9,17H,2-3,10-11H2,1H3,(H,18,21)(H,19,20)/b9-6+. The summed E-state index contributed by atoms with van der Waals surface area (Å²) in [4.78, 5) is 22.8. The van der Waals surface area contributed by atoms with Crippen LogP contribution in [-0.2, 0) is 9.59 Å². The quantitative estimate of drug-likeness (QED) is 0.743. The number of hydrogen-bond donors (Lipinski definition) is 3. The van der Waals surface area contributed by atoms with Crippen LogP contribution in [0.3, 0.4) is 0 Å². The number of amides is 1. The summed E-state index contributed by atoms with van der Waals surface area (Å²) in [5.74, 6) is -1.01. The van der Waals surface area contributed by atoms with E-state index in [0.717, 1.165) is 37.4 Å². The van der Waals surface area contributed by atoms with Crippen LogP contribution < -0.4 is 10.6 Å². The Morgan fingerprint density at radius 1 is 1.29 bits per heavy atom. The Morgan fingerprint density at radius 3 is 2.57 bits per heavy atom. The maximum atomic E-state index is 12.3. The third-order valence-electron chi connectivity index (χ3n) is 3.71. The first kappa shape index (κ1) is 15.3. The number of aliphatic carboxylic acids is 1. The van der Waals surface area contributed by atoms with Crippen LogP contribution in [-0.4, -0.2) is 29.1 Å². The number of hydrogen-bond acceptors (Lipinski definition) is 3. The summed E-state index contributed by atoms with van der Waals surface area (Å²) in [6.07, 6.45) is 5.58. The van der Waals surface area contributed by atoms with Crippen LogP contribution in [0.25, 0.3) is 6.08 Å². The van der Waals surface area contributed by atoms with Crippen molar-refractivity contribution in [2.24, 2.45) is 0 Å². The number of benzene rings is 1. The molecule has 1 unspecified atom stereocenters. The molecule has 1 fully saturated rings. The maximum absolute atomic E-state index is 12.3. The molecule has 1 heterocycles. The first-order chi connectivity index (χ1) is 9.99. The van der Waals surface area contributed by atoms with Gasteiger partial charge in [0, 0.05) is 11.8 Å². The normalized spacial score (nSPS) is 22.1. The molecule has 21 heavy (non-hydrogen) atoms. The minimum absolute atomic E-state index is 0.0315. The van der Waals surface area contributed by atoms with Gasteiger partial charge < -0.3 is 15.7 Å². The molecule has 1 saturated heterocycles. The first-order valence-electron chi connectivity index (χ1n) is 7.07. The van der Waals surface area contributed by atoms with Crippen LogP contribution in [0.15, 0.2) is 30.3 Å². The minimum Gasteiger partial charge on any atom is -0.478 e. The zero-order valence-corrected chi connectivity index (χ0v) is 12.1. The summed E-state index contributed by atoms with van der Waals surface area (Å²) < 4.78 is 0.